The molecule has 0 saturated heterocycles. The normalized spacial score (nSPS) is 19.7. The predicted octanol–water partition coefficient (Wildman–Crippen LogP) is 8.20. The van der Waals surface area contributed by atoms with E-state index in [-0.39, 0.29) is 0 Å². The zero-order valence-electron chi connectivity index (χ0n) is 18.4. The largest absolute Gasteiger partial charge is 0.192 e. The molecule has 0 aromatic heterocycles. The highest BCUT2D eigenvalue weighted by molar-refractivity contribution is 5.69. The maximum absolute atomic E-state index is 8.90. The lowest BCUT2D eigenvalue weighted by Crippen LogP contribution is -2.15. The van der Waals surface area contributed by atoms with Gasteiger partial charge >= 0.3 is 0 Å². The van der Waals surface area contributed by atoms with Crippen LogP contribution in [-0.4, -0.2) is 0 Å². The van der Waals surface area contributed by atoms with Crippen molar-refractivity contribution in [3.05, 3.63) is 107 Å². The van der Waals surface area contributed by atoms with Crippen molar-refractivity contribution >= 4 is 12.2 Å². The number of nitriles is 1. The van der Waals surface area contributed by atoms with Crippen molar-refractivity contribution in [2.24, 2.45) is 5.92 Å². The summed E-state index contributed by atoms with van der Waals surface area (Å²) < 4.78 is 0. The van der Waals surface area contributed by atoms with E-state index >= 15 is 0 Å². The van der Waals surface area contributed by atoms with Gasteiger partial charge in [-0.05, 0) is 84.2 Å². The maximum atomic E-state index is 8.90. The topological polar surface area (TPSA) is 23.8 Å². The molecule has 1 saturated carbocycles. The standard InChI is InChI=1S/C30H31N/c1-23(28-5-3-2-4-6-28)21-26-15-19-30(20-16-26)29-17-13-25(14-18-29)8-7-24-9-11-27(22-31)12-10-24/h2-14,17-18,23,26,30H,15-16,19-21H2,1H3/t23-,26?,30?/m0/s1. The van der Waals surface area contributed by atoms with E-state index in [0.717, 1.165) is 11.5 Å². The van der Waals surface area contributed by atoms with Crippen molar-refractivity contribution in [1.82, 2.24) is 0 Å². The number of benzene rings is 3. The van der Waals surface area contributed by atoms with Crippen LogP contribution in [0.5, 0.6) is 0 Å². The van der Waals surface area contributed by atoms with Crippen LogP contribution in [-0.2, 0) is 0 Å². The minimum Gasteiger partial charge on any atom is -0.192 e. The van der Waals surface area contributed by atoms with Crippen LogP contribution in [0.15, 0.2) is 78.9 Å². The zero-order valence-corrected chi connectivity index (χ0v) is 18.4. The molecule has 1 fully saturated rings. The third-order valence-electron chi connectivity index (χ3n) is 6.82. The highest BCUT2D eigenvalue weighted by Crippen LogP contribution is 2.39. The van der Waals surface area contributed by atoms with E-state index in [1.165, 1.54) is 48.8 Å². The monoisotopic (exact) mass is 405 g/mol. The van der Waals surface area contributed by atoms with Crippen molar-refractivity contribution in [3.63, 3.8) is 0 Å². The minimum atomic E-state index is 0.657. The van der Waals surface area contributed by atoms with E-state index in [1.807, 2.05) is 24.3 Å². The average molecular weight is 406 g/mol. The van der Waals surface area contributed by atoms with E-state index in [2.05, 4.69) is 79.7 Å². The Bertz CT molecular complexity index is 1010. The molecule has 1 nitrogen and oxygen atoms in total. The minimum absolute atomic E-state index is 0.657. The summed E-state index contributed by atoms with van der Waals surface area (Å²) in [6, 6.07) is 29.9. The molecule has 0 bridgehead atoms. The molecule has 0 heterocycles. The summed E-state index contributed by atoms with van der Waals surface area (Å²) in [4.78, 5) is 0. The number of nitrogens with zero attached hydrogens (tertiary/aromatic N) is 1. The van der Waals surface area contributed by atoms with Crippen molar-refractivity contribution in [3.8, 4) is 6.07 Å². The Kier molecular flexibility index (Phi) is 7.00. The van der Waals surface area contributed by atoms with Gasteiger partial charge in [-0.15, -0.1) is 0 Å². The van der Waals surface area contributed by atoms with Gasteiger partial charge in [0.25, 0.3) is 0 Å². The fraction of sp³-hybridized carbons (Fsp3) is 0.300. The Morgan fingerprint density at radius 1 is 0.806 bits per heavy atom. The summed E-state index contributed by atoms with van der Waals surface area (Å²) in [5, 5.41) is 8.90. The Balaban J connectivity index is 1.29. The molecule has 0 unspecified atom stereocenters. The Morgan fingerprint density at radius 2 is 1.39 bits per heavy atom. The van der Waals surface area contributed by atoms with Gasteiger partial charge in [0.2, 0.25) is 0 Å². The van der Waals surface area contributed by atoms with Crippen molar-refractivity contribution < 1.29 is 0 Å². The van der Waals surface area contributed by atoms with Crippen molar-refractivity contribution in [2.75, 3.05) is 0 Å². The Hall–Kier alpha value is -3.11. The molecule has 31 heavy (non-hydrogen) atoms. The van der Waals surface area contributed by atoms with Gasteiger partial charge in [0.1, 0.15) is 0 Å². The first-order chi connectivity index (χ1) is 15.2. The van der Waals surface area contributed by atoms with Crippen LogP contribution in [0.1, 0.15) is 78.7 Å². The number of hydrogen-bond acceptors (Lipinski definition) is 1. The van der Waals surface area contributed by atoms with E-state index in [1.54, 1.807) is 0 Å². The second-order valence-corrected chi connectivity index (χ2v) is 9.00. The summed E-state index contributed by atoms with van der Waals surface area (Å²) in [5.74, 6) is 2.23. The highest BCUT2D eigenvalue weighted by atomic mass is 14.3. The van der Waals surface area contributed by atoms with E-state index in [0.29, 0.717) is 17.4 Å². The van der Waals surface area contributed by atoms with Crippen LogP contribution >= 0.6 is 0 Å². The van der Waals surface area contributed by atoms with Crippen LogP contribution in [0.2, 0.25) is 0 Å². The fourth-order valence-corrected chi connectivity index (χ4v) is 4.89. The van der Waals surface area contributed by atoms with Gasteiger partial charge in [-0.1, -0.05) is 85.8 Å². The predicted molar refractivity (Wildman–Crippen MR) is 131 cm³/mol. The van der Waals surface area contributed by atoms with Gasteiger partial charge in [0, 0.05) is 0 Å². The quantitative estimate of drug-likeness (QED) is 0.379. The summed E-state index contributed by atoms with van der Waals surface area (Å²) in [6.45, 7) is 2.38. The summed E-state index contributed by atoms with van der Waals surface area (Å²) in [5.41, 5.74) is 6.01. The van der Waals surface area contributed by atoms with Crippen LogP contribution in [0.3, 0.4) is 0 Å². The fourth-order valence-electron chi connectivity index (χ4n) is 4.89. The third kappa shape index (κ3) is 5.74. The van der Waals surface area contributed by atoms with Gasteiger partial charge < -0.3 is 0 Å². The Labute approximate surface area is 187 Å². The third-order valence-corrected chi connectivity index (χ3v) is 6.82. The molecule has 1 aliphatic carbocycles. The first-order valence-electron chi connectivity index (χ1n) is 11.5. The lowest BCUT2D eigenvalue weighted by atomic mass is 9.75. The molecule has 1 aliphatic rings. The molecule has 0 N–H and O–H groups in total. The molecule has 0 amide bonds. The SMILES string of the molecule is C[C@@H](CC1CCC(c2ccc(C=Cc3ccc(C#N)cc3)cc2)CC1)c1ccccc1. The van der Waals surface area contributed by atoms with E-state index in [4.69, 9.17) is 5.26 Å². The zero-order chi connectivity index (χ0) is 21.5. The van der Waals surface area contributed by atoms with Crippen molar-refractivity contribution in [1.29, 1.82) is 5.26 Å². The molecule has 156 valence electrons. The van der Waals surface area contributed by atoms with Crippen LogP contribution in [0.4, 0.5) is 0 Å². The average Bonchev–Trinajstić information content (AvgIpc) is 2.84. The summed E-state index contributed by atoms with van der Waals surface area (Å²) in [7, 11) is 0. The lowest BCUT2D eigenvalue weighted by Gasteiger charge is -2.30. The molecule has 0 spiro atoms. The molecular formula is C30H31N. The maximum Gasteiger partial charge on any atom is 0.0991 e. The van der Waals surface area contributed by atoms with Gasteiger partial charge in [0.05, 0.1) is 11.6 Å². The van der Waals surface area contributed by atoms with E-state index < -0.39 is 0 Å². The van der Waals surface area contributed by atoms with E-state index in [9.17, 15) is 0 Å². The first-order valence-corrected chi connectivity index (χ1v) is 11.5. The van der Waals surface area contributed by atoms with Gasteiger partial charge in [0.15, 0.2) is 0 Å². The van der Waals surface area contributed by atoms with Crippen molar-refractivity contribution in [2.45, 2.75) is 50.9 Å². The first kappa shape index (κ1) is 21.1. The molecule has 0 radical (unpaired) electrons. The second-order valence-electron chi connectivity index (χ2n) is 9.00. The second kappa shape index (κ2) is 10.3. The summed E-state index contributed by atoms with van der Waals surface area (Å²) in [6.07, 6.45) is 10.9. The Morgan fingerprint density at radius 3 is 1.97 bits per heavy atom. The highest BCUT2D eigenvalue weighted by Gasteiger charge is 2.24. The van der Waals surface area contributed by atoms with Gasteiger partial charge in [-0.2, -0.15) is 5.26 Å². The molecule has 1 atom stereocenters. The van der Waals surface area contributed by atoms with Gasteiger partial charge in [-0.25, -0.2) is 0 Å². The molecule has 3 aromatic rings. The summed E-state index contributed by atoms with van der Waals surface area (Å²) >= 11 is 0. The molecular weight excluding hydrogens is 374 g/mol. The molecule has 1 heteroatoms. The van der Waals surface area contributed by atoms with Crippen LogP contribution in [0, 0.1) is 17.2 Å². The van der Waals surface area contributed by atoms with Gasteiger partial charge in [-0.3, -0.25) is 0 Å². The molecule has 3 aromatic carbocycles. The number of hydrogen-bond donors (Lipinski definition) is 0. The lowest BCUT2D eigenvalue weighted by molar-refractivity contribution is 0.297. The molecule has 4 rings (SSSR count). The molecule has 0 aliphatic heterocycles. The smallest absolute Gasteiger partial charge is 0.0991 e. The number of rotatable bonds is 6. The van der Waals surface area contributed by atoms with Crippen LogP contribution in [0.25, 0.3) is 12.2 Å². The van der Waals surface area contributed by atoms with Crippen LogP contribution < -0.4 is 0 Å².